The van der Waals surface area contributed by atoms with Gasteiger partial charge in [0.2, 0.25) is 23.6 Å². The number of rotatable bonds is 19. The summed E-state index contributed by atoms with van der Waals surface area (Å²) in [7, 11) is 0. The number of aliphatic imine (C=N–C) groups is 2. The summed E-state index contributed by atoms with van der Waals surface area (Å²) in [5.74, 6) is -5.09. The first-order chi connectivity index (χ1) is 19.1. The van der Waals surface area contributed by atoms with Gasteiger partial charge >= 0.3 is 5.97 Å². The molecule has 0 aromatic carbocycles. The van der Waals surface area contributed by atoms with Crippen LogP contribution in [0.2, 0.25) is 0 Å². The summed E-state index contributed by atoms with van der Waals surface area (Å²) < 4.78 is 0. The summed E-state index contributed by atoms with van der Waals surface area (Å²) >= 11 is 0. The van der Waals surface area contributed by atoms with Crippen molar-refractivity contribution in [3.05, 3.63) is 0 Å². The number of nitrogens with zero attached hydrogens (tertiary/aromatic N) is 2. The molecular weight excluding hydrogens is 542 g/mol. The van der Waals surface area contributed by atoms with Crippen molar-refractivity contribution in [2.75, 3.05) is 19.7 Å². The van der Waals surface area contributed by atoms with Gasteiger partial charge in [-0.25, -0.2) is 4.79 Å². The van der Waals surface area contributed by atoms with Gasteiger partial charge in [-0.15, -0.1) is 0 Å². The third-order valence-electron chi connectivity index (χ3n) is 5.68. The van der Waals surface area contributed by atoms with Crippen LogP contribution in [0.15, 0.2) is 9.98 Å². The lowest BCUT2D eigenvalue weighted by Crippen LogP contribution is -2.58. The van der Waals surface area contributed by atoms with Gasteiger partial charge in [0.25, 0.3) is 0 Å². The van der Waals surface area contributed by atoms with Crippen LogP contribution in [0.1, 0.15) is 46.5 Å². The highest BCUT2D eigenvalue weighted by Gasteiger charge is 2.30. The molecule has 0 saturated heterocycles. The van der Waals surface area contributed by atoms with Crippen LogP contribution in [-0.4, -0.2) is 102 Å². The smallest absolute Gasteiger partial charge is 0.326 e. The van der Waals surface area contributed by atoms with Crippen molar-refractivity contribution in [3.63, 3.8) is 0 Å². The Morgan fingerprint density at radius 2 is 1.20 bits per heavy atom. The number of carboxylic acid groups (broad SMARTS) is 1. The van der Waals surface area contributed by atoms with Gasteiger partial charge in [0.15, 0.2) is 11.9 Å². The van der Waals surface area contributed by atoms with E-state index in [2.05, 4.69) is 31.3 Å². The summed E-state index contributed by atoms with van der Waals surface area (Å²) in [6, 6.07) is -6.02. The minimum Gasteiger partial charge on any atom is -0.480 e. The number of amides is 4. The summed E-state index contributed by atoms with van der Waals surface area (Å²) in [5, 5.41) is 28.4. The summed E-state index contributed by atoms with van der Waals surface area (Å²) in [5.41, 5.74) is 27.1. The molecule has 234 valence electrons. The number of hydrogen-bond donors (Lipinski definition) is 11. The van der Waals surface area contributed by atoms with E-state index in [1.165, 1.54) is 6.92 Å². The molecule has 0 radical (unpaired) electrons. The predicted molar refractivity (Wildman–Crippen MR) is 151 cm³/mol. The first-order valence-corrected chi connectivity index (χ1v) is 13.0. The largest absolute Gasteiger partial charge is 0.480 e. The Kier molecular flexibility index (Phi) is 17.0. The number of carbonyl (C=O) groups excluding carboxylic acids is 4. The molecule has 0 aromatic rings. The maximum atomic E-state index is 13.0. The molecule has 18 nitrogen and oxygen atoms in total. The van der Waals surface area contributed by atoms with E-state index < -0.39 is 72.3 Å². The Balaban J connectivity index is 5.33. The zero-order valence-electron chi connectivity index (χ0n) is 23.6. The average molecular weight is 588 g/mol. The Hall–Kier alpha value is -4.19. The van der Waals surface area contributed by atoms with Crippen LogP contribution in [0.3, 0.4) is 0 Å². The number of carboxylic acids is 1. The molecule has 0 fully saturated rings. The number of aliphatic hydroxyl groups excluding tert-OH is 1. The Bertz CT molecular complexity index is 950. The standard InChI is InChI=1S/C23H45N11O7/c1-11(2)16(21(40)41)34-20(39)15(10-35)33-17(36)12(3)31-19(38)14(7-5-9-30-23(27)28)32-18(37)13(24)6-4-8-29-22(25)26/h11-16,35H,4-10,24H2,1-3H3,(H,31,38)(H,32,37)(H,33,36)(H,34,39)(H,40,41)(H4,25,26,29)(H4,27,28,30)/t12-,13-,14-,15-,16-/m0/s1. The van der Waals surface area contributed by atoms with Crippen LogP contribution in [0, 0.1) is 5.92 Å². The monoisotopic (exact) mass is 587 g/mol. The minimum atomic E-state index is -1.48. The van der Waals surface area contributed by atoms with Crippen molar-refractivity contribution in [2.24, 2.45) is 44.6 Å². The van der Waals surface area contributed by atoms with Crippen LogP contribution in [0.5, 0.6) is 0 Å². The Morgan fingerprint density at radius 3 is 1.66 bits per heavy atom. The van der Waals surface area contributed by atoms with E-state index in [-0.39, 0.29) is 37.9 Å². The van der Waals surface area contributed by atoms with Crippen molar-refractivity contribution in [2.45, 2.75) is 76.7 Å². The lowest BCUT2D eigenvalue weighted by atomic mass is 10.0. The highest BCUT2D eigenvalue weighted by molar-refractivity contribution is 5.95. The number of nitrogens with one attached hydrogen (secondary N) is 4. The molecule has 0 aliphatic rings. The zero-order chi connectivity index (χ0) is 31.7. The van der Waals surface area contributed by atoms with Crippen molar-refractivity contribution >= 4 is 41.5 Å². The van der Waals surface area contributed by atoms with Gasteiger partial charge in [-0.2, -0.15) is 0 Å². The number of carbonyl (C=O) groups is 5. The molecule has 0 rings (SSSR count). The SMILES string of the molecule is CC(C)[C@H](NC(=O)[C@H](CO)NC(=O)[C@H](C)NC(=O)[C@H](CCCN=C(N)N)NC(=O)[C@@H](N)CCCN=C(N)N)C(=O)O. The third-order valence-corrected chi connectivity index (χ3v) is 5.68. The van der Waals surface area contributed by atoms with E-state index in [9.17, 15) is 34.2 Å². The first kappa shape index (κ1) is 36.8. The zero-order valence-corrected chi connectivity index (χ0v) is 23.6. The van der Waals surface area contributed by atoms with Gasteiger partial charge in [0.05, 0.1) is 12.6 Å². The normalized spacial score (nSPS) is 14.4. The van der Waals surface area contributed by atoms with Gasteiger partial charge in [0, 0.05) is 13.1 Å². The number of nitrogens with two attached hydrogens (primary N) is 5. The van der Waals surface area contributed by atoms with Gasteiger partial charge in [-0.3, -0.25) is 29.2 Å². The molecule has 0 aliphatic heterocycles. The Morgan fingerprint density at radius 1 is 0.707 bits per heavy atom. The van der Waals surface area contributed by atoms with Crippen LogP contribution in [-0.2, 0) is 24.0 Å². The lowest BCUT2D eigenvalue weighted by Gasteiger charge is -2.25. The first-order valence-electron chi connectivity index (χ1n) is 13.0. The fourth-order valence-corrected chi connectivity index (χ4v) is 3.34. The molecular formula is C23H45N11O7. The fraction of sp³-hybridized carbons (Fsp3) is 0.696. The van der Waals surface area contributed by atoms with Crippen LogP contribution < -0.4 is 49.9 Å². The highest BCUT2D eigenvalue weighted by Crippen LogP contribution is 2.04. The van der Waals surface area contributed by atoms with Crippen molar-refractivity contribution < 1.29 is 34.2 Å². The van der Waals surface area contributed by atoms with E-state index in [4.69, 9.17) is 28.7 Å². The van der Waals surface area contributed by atoms with Gasteiger partial charge in [-0.05, 0) is 38.5 Å². The van der Waals surface area contributed by atoms with E-state index in [0.29, 0.717) is 12.8 Å². The van der Waals surface area contributed by atoms with Gasteiger partial charge in [-0.1, -0.05) is 13.8 Å². The van der Waals surface area contributed by atoms with Crippen molar-refractivity contribution in [1.82, 2.24) is 21.3 Å². The molecule has 4 amide bonds. The second-order valence-electron chi connectivity index (χ2n) is 9.61. The number of hydrogen-bond acceptors (Lipinski definition) is 9. The van der Waals surface area contributed by atoms with Crippen molar-refractivity contribution in [1.29, 1.82) is 0 Å². The molecule has 0 bridgehead atoms. The molecule has 41 heavy (non-hydrogen) atoms. The maximum Gasteiger partial charge on any atom is 0.326 e. The van der Waals surface area contributed by atoms with Gasteiger partial charge < -0.3 is 60.1 Å². The van der Waals surface area contributed by atoms with Crippen LogP contribution in [0.25, 0.3) is 0 Å². The van der Waals surface area contributed by atoms with Crippen LogP contribution >= 0.6 is 0 Å². The molecule has 0 aromatic heterocycles. The molecule has 0 unspecified atom stereocenters. The van der Waals surface area contributed by atoms with E-state index >= 15 is 0 Å². The van der Waals surface area contributed by atoms with E-state index in [1.54, 1.807) is 13.8 Å². The van der Waals surface area contributed by atoms with E-state index in [1.807, 2.05) is 0 Å². The molecule has 5 atom stereocenters. The minimum absolute atomic E-state index is 0.0929. The number of aliphatic carboxylic acids is 1. The second-order valence-corrected chi connectivity index (χ2v) is 9.61. The summed E-state index contributed by atoms with van der Waals surface area (Å²) in [4.78, 5) is 69.7. The summed E-state index contributed by atoms with van der Waals surface area (Å²) in [6.07, 6.45) is 1.03. The maximum absolute atomic E-state index is 13.0. The predicted octanol–water partition coefficient (Wildman–Crippen LogP) is -4.89. The lowest BCUT2D eigenvalue weighted by molar-refractivity contribution is -0.143. The number of guanidine groups is 2. The van der Waals surface area contributed by atoms with Crippen molar-refractivity contribution in [3.8, 4) is 0 Å². The van der Waals surface area contributed by atoms with Gasteiger partial charge in [0.1, 0.15) is 24.2 Å². The van der Waals surface area contributed by atoms with Crippen LogP contribution in [0.4, 0.5) is 0 Å². The molecule has 0 aliphatic carbocycles. The quantitative estimate of drug-likeness (QED) is 0.0385. The fourth-order valence-electron chi connectivity index (χ4n) is 3.34. The van der Waals surface area contributed by atoms with E-state index in [0.717, 1.165) is 0 Å². The molecule has 0 spiro atoms. The molecule has 18 heteroatoms. The highest BCUT2D eigenvalue weighted by atomic mass is 16.4. The Labute approximate surface area is 238 Å². The molecule has 16 N–H and O–H groups in total. The number of aliphatic hydroxyl groups is 1. The topological polar surface area (TPSA) is 329 Å². The molecule has 0 saturated carbocycles. The summed E-state index contributed by atoms with van der Waals surface area (Å²) in [6.45, 7) is 4.09. The average Bonchev–Trinajstić information content (AvgIpc) is 2.88. The second kappa shape index (κ2) is 19.0. The molecule has 0 heterocycles. The third kappa shape index (κ3) is 15.2.